The molecule has 5 heteroatoms. The largest absolute Gasteiger partial charge is 0.383 e. The Balaban J connectivity index is 1.63. The van der Waals surface area contributed by atoms with Gasteiger partial charge in [-0.3, -0.25) is 0 Å². The van der Waals surface area contributed by atoms with Gasteiger partial charge in [0.1, 0.15) is 12.2 Å². The molecular formula is C16H22N4O. The van der Waals surface area contributed by atoms with Crippen LogP contribution in [-0.2, 0) is 24.1 Å². The van der Waals surface area contributed by atoms with Gasteiger partial charge in [-0.1, -0.05) is 24.3 Å². The fourth-order valence-corrected chi connectivity index (χ4v) is 3.07. The van der Waals surface area contributed by atoms with Crippen molar-refractivity contribution in [1.82, 2.24) is 20.1 Å². The fourth-order valence-electron chi connectivity index (χ4n) is 3.07. The van der Waals surface area contributed by atoms with Crippen molar-refractivity contribution in [3.8, 4) is 0 Å². The molecule has 1 heterocycles. The normalized spacial score (nSPS) is 16.1. The molecule has 0 spiro atoms. The summed E-state index contributed by atoms with van der Waals surface area (Å²) in [4.78, 5) is 0. The lowest BCUT2D eigenvalue weighted by molar-refractivity contribution is 0.185. The van der Waals surface area contributed by atoms with E-state index >= 15 is 0 Å². The van der Waals surface area contributed by atoms with Gasteiger partial charge in [-0.05, 0) is 30.9 Å². The van der Waals surface area contributed by atoms with Crippen LogP contribution in [0.15, 0.2) is 30.6 Å². The smallest absolute Gasteiger partial charge is 0.149 e. The van der Waals surface area contributed by atoms with Gasteiger partial charge >= 0.3 is 0 Å². The van der Waals surface area contributed by atoms with Crippen LogP contribution in [-0.4, -0.2) is 34.5 Å². The predicted molar refractivity (Wildman–Crippen MR) is 81.1 cm³/mol. The van der Waals surface area contributed by atoms with E-state index in [0.29, 0.717) is 12.6 Å². The molecule has 1 aromatic carbocycles. The number of fused-ring (bicyclic) bond motifs is 1. The van der Waals surface area contributed by atoms with Crippen molar-refractivity contribution in [3.63, 3.8) is 0 Å². The minimum atomic E-state index is 0.184. The first-order valence-corrected chi connectivity index (χ1v) is 7.47. The summed E-state index contributed by atoms with van der Waals surface area (Å²) in [6, 6.07) is 9.34. The van der Waals surface area contributed by atoms with Gasteiger partial charge in [0.05, 0.1) is 12.6 Å². The zero-order chi connectivity index (χ0) is 14.7. The van der Waals surface area contributed by atoms with Gasteiger partial charge < -0.3 is 14.6 Å². The number of rotatable bonds is 6. The van der Waals surface area contributed by atoms with Crippen molar-refractivity contribution < 1.29 is 4.74 Å². The van der Waals surface area contributed by atoms with Gasteiger partial charge in [0.2, 0.25) is 0 Å². The molecule has 0 aliphatic heterocycles. The zero-order valence-electron chi connectivity index (χ0n) is 12.6. The minimum absolute atomic E-state index is 0.184. The highest BCUT2D eigenvalue weighted by Gasteiger charge is 2.24. The summed E-state index contributed by atoms with van der Waals surface area (Å²) in [6.07, 6.45) is 3.95. The van der Waals surface area contributed by atoms with Crippen LogP contribution >= 0.6 is 0 Å². The summed E-state index contributed by atoms with van der Waals surface area (Å²) in [5.41, 5.74) is 2.92. The average molecular weight is 286 g/mol. The highest BCUT2D eigenvalue weighted by Crippen LogP contribution is 2.23. The Bertz CT molecular complexity index is 570. The Kier molecular flexibility index (Phi) is 4.31. The van der Waals surface area contributed by atoms with Crippen LogP contribution in [0, 0.1) is 0 Å². The van der Waals surface area contributed by atoms with Crippen LogP contribution in [0.3, 0.4) is 0 Å². The molecule has 1 N–H and O–H groups in total. The third-order valence-electron chi connectivity index (χ3n) is 4.11. The molecule has 2 aromatic rings. The molecule has 1 aromatic heterocycles. The number of benzene rings is 1. The molecule has 1 atom stereocenters. The van der Waals surface area contributed by atoms with Crippen LogP contribution in [0.4, 0.5) is 0 Å². The van der Waals surface area contributed by atoms with Crippen LogP contribution in [0.1, 0.15) is 29.9 Å². The predicted octanol–water partition coefficient (Wildman–Crippen LogP) is 1.74. The Morgan fingerprint density at radius 3 is 2.71 bits per heavy atom. The van der Waals surface area contributed by atoms with E-state index in [-0.39, 0.29) is 6.04 Å². The van der Waals surface area contributed by atoms with Gasteiger partial charge in [-0.15, -0.1) is 10.2 Å². The lowest BCUT2D eigenvalue weighted by Crippen LogP contribution is -2.33. The molecule has 0 radical (unpaired) electrons. The lowest BCUT2D eigenvalue weighted by Gasteiger charge is -2.19. The highest BCUT2D eigenvalue weighted by molar-refractivity contribution is 5.33. The van der Waals surface area contributed by atoms with E-state index in [2.05, 4.69) is 51.3 Å². The van der Waals surface area contributed by atoms with Crippen LogP contribution in [0.25, 0.3) is 0 Å². The van der Waals surface area contributed by atoms with Crippen LogP contribution < -0.4 is 5.32 Å². The van der Waals surface area contributed by atoms with E-state index < -0.39 is 0 Å². The highest BCUT2D eigenvalue weighted by atomic mass is 16.5. The number of nitrogens with one attached hydrogen (secondary N) is 1. The van der Waals surface area contributed by atoms with Gasteiger partial charge in [0.15, 0.2) is 0 Å². The van der Waals surface area contributed by atoms with Crippen molar-refractivity contribution >= 4 is 0 Å². The van der Waals surface area contributed by atoms with Gasteiger partial charge in [-0.25, -0.2) is 0 Å². The number of nitrogens with zero attached hydrogens (tertiary/aromatic N) is 3. The van der Waals surface area contributed by atoms with Crippen molar-refractivity contribution in [2.75, 3.05) is 13.7 Å². The number of hydrogen-bond donors (Lipinski definition) is 1. The standard InChI is InChI=1S/C16H22N4O/c1-12(16-19-17-11-20(16)7-8-21-2)18-15-9-13-5-3-4-6-14(13)10-15/h3-6,11-12,15,18H,7-10H2,1-2H3/t12-/m0/s1. The van der Waals surface area contributed by atoms with Gasteiger partial charge in [-0.2, -0.15) is 0 Å². The third-order valence-corrected chi connectivity index (χ3v) is 4.11. The Morgan fingerprint density at radius 2 is 2.05 bits per heavy atom. The average Bonchev–Trinajstić information content (AvgIpc) is 3.10. The molecule has 0 fully saturated rings. The van der Waals surface area contributed by atoms with E-state index in [0.717, 1.165) is 25.2 Å². The lowest BCUT2D eigenvalue weighted by atomic mass is 10.1. The summed E-state index contributed by atoms with van der Waals surface area (Å²) in [5, 5.41) is 12.0. The third kappa shape index (κ3) is 3.14. The van der Waals surface area contributed by atoms with E-state index in [1.54, 1.807) is 13.4 Å². The molecular weight excluding hydrogens is 264 g/mol. The molecule has 1 aliphatic carbocycles. The second kappa shape index (κ2) is 6.37. The van der Waals surface area contributed by atoms with E-state index in [9.17, 15) is 0 Å². The quantitative estimate of drug-likeness (QED) is 0.879. The number of ether oxygens (including phenoxy) is 1. The summed E-state index contributed by atoms with van der Waals surface area (Å²) in [6.45, 7) is 3.61. The van der Waals surface area contributed by atoms with E-state index in [4.69, 9.17) is 4.74 Å². The maximum atomic E-state index is 5.13. The maximum Gasteiger partial charge on any atom is 0.149 e. The first kappa shape index (κ1) is 14.2. The van der Waals surface area contributed by atoms with Crippen LogP contribution in [0.2, 0.25) is 0 Å². The molecule has 0 unspecified atom stereocenters. The van der Waals surface area contributed by atoms with E-state index in [1.807, 2.05) is 0 Å². The summed E-state index contributed by atoms with van der Waals surface area (Å²) in [7, 11) is 1.71. The zero-order valence-corrected chi connectivity index (χ0v) is 12.6. The summed E-state index contributed by atoms with van der Waals surface area (Å²) >= 11 is 0. The second-order valence-electron chi connectivity index (χ2n) is 5.64. The van der Waals surface area contributed by atoms with E-state index in [1.165, 1.54) is 11.1 Å². The Hall–Kier alpha value is -1.72. The Labute approximate surface area is 125 Å². The molecule has 0 amide bonds. The number of hydrogen-bond acceptors (Lipinski definition) is 4. The molecule has 112 valence electrons. The SMILES string of the molecule is COCCn1cnnc1[C@H](C)NC1Cc2ccccc2C1. The fraction of sp³-hybridized carbons (Fsp3) is 0.500. The van der Waals surface area contributed by atoms with Crippen molar-refractivity contribution in [2.45, 2.75) is 38.4 Å². The molecule has 3 rings (SSSR count). The summed E-state index contributed by atoms with van der Waals surface area (Å²) < 4.78 is 7.19. The molecule has 0 saturated carbocycles. The summed E-state index contributed by atoms with van der Waals surface area (Å²) in [5.74, 6) is 0.975. The minimum Gasteiger partial charge on any atom is -0.383 e. The Morgan fingerprint density at radius 1 is 1.33 bits per heavy atom. The van der Waals surface area contributed by atoms with Crippen molar-refractivity contribution in [3.05, 3.63) is 47.5 Å². The second-order valence-corrected chi connectivity index (χ2v) is 5.64. The van der Waals surface area contributed by atoms with Gasteiger partial charge in [0, 0.05) is 19.7 Å². The number of aromatic nitrogens is 3. The monoisotopic (exact) mass is 286 g/mol. The topological polar surface area (TPSA) is 52.0 Å². The molecule has 5 nitrogen and oxygen atoms in total. The first-order valence-electron chi connectivity index (χ1n) is 7.47. The van der Waals surface area contributed by atoms with Gasteiger partial charge in [0.25, 0.3) is 0 Å². The van der Waals surface area contributed by atoms with Crippen molar-refractivity contribution in [2.24, 2.45) is 0 Å². The van der Waals surface area contributed by atoms with Crippen molar-refractivity contribution in [1.29, 1.82) is 0 Å². The number of methoxy groups -OCH3 is 1. The molecule has 1 aliphatic rings. The van der Waals surface area contributed by atoms with Crippen LogP contribution in [0.5, 0.6) is 0 Å². The molecule has 21 heavy (non-hydrogen) atoms. The first-order chi connectivity index (χ1) is 10.3. The maximum absolute atomic E-state index is 5.13. The molecule has 0 saturated heterocycles. The molecule has 0 bridgehead atoms.